The number of aromatic nitrogens is 4. The second-order valence-electron chi connectivity index (χ2n) is 4.26. The molecular weight excluding hydrogens is 240 g/mol. The minimum absolute atomic E-state index is 0.324. The number of rotatable bonds is 4. The van der Waals surface area contributed by atoms with Crippen LogP contribution in [0.15, 0.2) is 24.7 Å². The zero-order valence-electron chi connectivity index (χ0n) is 11.9. The summed E-state index contributed by atoms with van der Waals surface area (Å²) >= 11 is 0. The highest BCUT2D eigenvalue weighted by atomic mass is 15.1. The number of aromatic amines is 1. The highest BCUT2D eigenvalue weighted by Crippen LogP contribution is 2.15. The van der Waals surface area contributed by atoms with E-state index < -0.39 is 0 Å². The van der Waals surface area contributed by atoms with Crippen LogP contribution in [0.1, 0.15) is 20.8 Å². The van der Waals surface area contributed by atoms with Gasteiger partial charge in [-0.25, -0.2) is 9.97 Å². The van der Waals surface area contributed by atoms with Crippen LogP contribution >= 0.6 is 0 Å². The van der Waals surface area contributed by atoms with Gasteiger partial charge in [0.15, 0.2) is 0 Å². The molecule has 0 fully saturated rings. The van der Waals surface area contributed by atoms with Gasteiger partial charge in [-0.1, -0.05) is 6.92 Å². The van der Waals surface area contributed by atoms with Crippen molar-refractivity contribution in [3.63, 3.8) is 0 Å². The van der Waals surface area contributed by atoms with Crippen molar-refractivity contribution >= 4 is 5.95 Å². The molecule has 6 nitrogen and oxygen atoms in total. The maximum absolute atomic E-state index is 4.37. The molecule has 19 heavy (non-hydrogen) atoms. The van der Waals surface area contributed by atoms with Gasteiger partial charge in [-0.15, -0.1) is 0 Å². The van der Waals surface area contributed by atoms with Crippen LogP contribution in [-0.2, 0) is 0 Å². The summed E-state index contributed by atoms with van der Waals surface area (Å²) < 4.78 is 0. The Hall–Kier alpha value is -1.95. The van der Waals surface area contributed by atoms with Gasteiger partial charge in [0.05, 0.1) is 11.9 Å². The third-order valence-electron chi connectivity index (χ3n) is 2.22. The molecule has 0 unspecified atom stereocenters. The van der Waals surface area contributed by atoms with Crippen molar-refractivity contribution < 1.29 is 0 Å². The van der Waals surface area contributed by atoms with Gasteiger partial charge < -0.3 is 10.6 Å². The van der Waals surface area contributed by atoms with E-state index in [1.807, 2.05) is 33.2 Å². The van der Waals surface area contributed by atoms with Gasteiger partial charge in [0.1, 0.15) is 0 Å². The van der Waals surface area contributed by atoms with Crippen molar-refractivity contribution in [1.82, 2.24) is 25.5 Å². The second kappa shape index (κ2) is 8.20. The molecule has 0 radical (unpaired) electrons. The van der Waals surface area contributed by atoms with E-state index in [1.54, 1.807) is 12.4 Å². The average molecular weight is 262 g/mol. The van der Waals surface area contributed by atoms with Crippen molar-refractivity contribution in [2.24, 2.45) is 0 Å². The quantitative estimate of drug-likeness (QED) is 0.784. The largest absolute Gasteiger partial charge is 0.352 e. The number of hydrogen-bond acceptors (Lipinski definition) is 5. The van der Waals surface area contributed by atoms with Crippen LogP contribution < -0.4 is 10.6 Å². The van der Waals surface area contributed by atoms with Crippen molar-refractivity contribution in [3.05, 3.63) is 24.7 Å². The lowest BCUT2D eigenvalue weighted by molar-refractivity contribution is 0.864. The van der Waals surface area contributed by atoms with E-state index in [1.165, 1.54) is 0 Å². The number of nitrogens with zero attached hydrogens (tertiary/aromatic N) is 3. The van der Waals surface area contributed by atoms with Crippen molar-refractivity contribution in [3.8, 4) is 11.3 Å². The molecule has 0 aliphatic rings. The summed E-state index contributed by atoms with van der Waals surface area (Å²) in [4.78, 5) is 8.51. The van der Waals surface area contributed by atoms with Gasteiger partial charge in [-0.05, 0) is 33.5 Å². The molecule has 0 bridgehead atoms. The molecule has 2 rings (SSSR count). The molecule has 104 valence electrons. The molecule has 3 N–H and O–H groups in total. The summed E-state index contributed by atoms with van der Waals surface area (Å²) in [5.74, 6) is 0.642. The number of nitrogens with one attached hydrogen (secondary N) is 3. The Morgan fingerprint density at radius 1 is 1.37 bits per heavy atom. The monoisotopic (exact) mass is 262 g/mol. The second-order valence-corrected chi connectivity index (χ2v) is 4.26. The zero-order valence-corrected chi connectivity index (χ0v) is 11.9. The lowest BCUT2D eigenvalue weighted by atomic mass is 10.2. The summed E-state index contributed by atoms with van der Waals surface area (Å²) in [5.41, 5.74) is 1.83. The van der Waals surface area contributed by atoms with Gasteiger partial charge in [-0.2, -0.15) is 5.10 Å². The van der Waals surface area contributed by atoms with E-state index in [-0.39, 0.29) is 0 Å². The zero-order chi connectivity index (χ0) is 14.1. The Morgan fingerprint density at radius 3 is 2.63 bits per heavy atom. The van der Waals surface area contributed by atoms with Crippen molar-refractivity contribution in [1.29, 1.82) is 0 Å². The predicted octanol–water partition coefficient (Wildman–Crippen LogP) is 1.91. The molecule has 2 heterocycles. The van der Waals surface area contributed by atoms with Gasteiger partial charge >= 0.3 is 0 Å². The molecule has 2 aromatic rings. The van der Waals surface area contributed by atoms with E-state index in [9.17, 15) is 0 Å². The maximum Gasteiger partial charge on any atom is 0.223 e. The highest BCUT2D eigenvalue weighted by molar-refractivity contribution is 5.57. The predicted molar refractivity (Wildman–Crippen MR) is 78.0 cm³/mol. The minimum Gasteiger partial charge on any atom is -0.352 e. The molecule has 2 aromatic heterocycles. The Balaban J connectivity index is 0.000000399. The summed E-state index contributed by atoms with van der Waals surface area (Å²) in [5, 5.41) is 12.7. The number of H-pyrrole nitrogens is 1. The summed E-state index contributed by atoms with van der Waals surface area (Å²) in [6, 6.07) is 2.18. The van der Waals surface area contributed by atoms with Crippen LogP contribution in [-0.4, -0.2) is 39.8 Å². The van der Waals surface area contributed by atoms with Crippen LogP contribution in [0, 0.1) is 0 Å². The first-order chi connectivity index (χ1) is 9.17. The average Bonchev–Trinajstić information content (AvgIpc) is 2.92. The van der Waals surface area contributed by atoms with Gasteiger partial charge in [0, 0.05) is 24.0 Å². The van der Waals surface area contributed by atoms with Crippen LogP contribution in [0.25, 0.3) is 11.3 Å². The van der Waals surface area contributed by atoms with Crippen LogP contribution in [0.2, 0.25) is 0 Å². The van der Waals surface area contributed by atoms with Crippen molar-refractivity contribution in [2.45, 2.75) is 26.8 Å². The van der Waals surface area contributed by atoms with Crippen LogP contribution in [0.3, 0.4) is 0 Å². The number of hydrogen-bond donors (Lipinski definition) is 3. The third-order valence-corrected chi connectivity index (χ3v) is 2.22. The van der Waals surface area contributed by atoms with E-state index in [2.05, 4.69) is 37.7 Å². The SMILES string of the molecule is CC(C)Nc1nccc(-c2cn[nH]c2)n1.CCNC. The standard InChI is InChI=1S/C10H13N5.C3H9N/c1-7(2)14-10-11-4-3-9(15-10)8-5-12-13-6-8;1-3-4-2/h3-7H,1-2H3,(H,12,13)(H,11,14,15);4H,3H2,1-2H3. The van der Waals surface area contributed by atoms with E-state index in [0.29, 0.717) is 12.0 Å². The molecule has 0 spiro atoms. The fraction of sp³-hybridized carbons (Fsp3) is 0.462. The van der Waals surface area contributed by atoms with Crippen molar-refractivity contribution in [2.75, 3.05) is 18.9 Å². The Labute approximate surface area is 114 Å². The van der Waals surface area contributed by atoms with Crippen LogP contribution in [0.4, 0.5) is 5.95 Å². The van der Waals surface area contributed by atoms with E-state index >= 15 is 0 Å². The molecule has 0 atom stereocenters. The number of anilines is 1. The third kappa shape index (κ3) is 5.48. The summed E-state index contributed by atoms with van der Waals surface area (Å²) in [6.45, 7) is 7.24. The topological polar surface area (TPSA) is 78.5 Å². The molecule has 6 heteroatoms. The molecule has 0 aliphatic heterocycles. The normalized spacial score (nSPS) is 9.95. The lowest BCUT2D eigenvalue weighted by Crippen LogP contribution is -2.12. The summed E-state index contributed by atoms with van der Waals surface area (Å²) in [7, 11) is 1.93. The Morgan fingerprint density at radius 2 is 2.11 bits per heavy atom. The first-order valence-electron chi connectivity index (χ1n) is 6.40. The maximum atomic E-state index is 4.37. The summed E-state index contributed by atoms with van der Waals surface area (Å²) in [6.07, 6.45) is 5.28. The first-order valence-corrected chi connectivity index (χ1v) is 6.40. The van der Waals surface area contributed by atoms with E-state index in [4.69, 9.17) is 0 Å². The fourth-order valence-electron chi connectivity index (χ4n) is 1.24. The molecule has 0 aromatic carbocycles. The smallest absolute Gasteiger partial charge is 0.223 e. The lowest BCUT2D eigenvalue weighted by Gasteiger charge is -2.07. The molecule has 0 amide bonds. The first kappa shape index (κ1) is 15.1. The van der Waals surface area contributed by atoms with Gasteiger partial charge in [0.2, 0.25) is 5.95 Å². The fourth-order valence-corrected chi connectivity index (χ4v) is 1.24. The molecule has 0 saturated heterocycles. The highest BCUT2D eigenvalue weighted by Gasteiger charge is 2.03. The van der Waals surface area contributed by atoms with Gasteiger partial charge in [-0.3, -0.25) is 5.10 Å². The Kier molecular flexibility index (Phi) is 6.52. The Bertz CT molecular complexity index is 450. The van der Waals surface area contributed by atoms with E-state index in [0.717, 1.165) is 17.8 Å². The molecular formula is C13H22N6. The molecule has 0 aliphatic carbocycles. The van der Waals surface area contributed by atoms with Gasteiger partial charge in [0.25, 0.3) is 0 Å². The molecule has 0 saturated carbocycles. The van der Waals surface area contributed by atoms with Crippen LogP contribution in [0.5, 0.6) is 0 Å². The minimum atomic E-state index is 0.324.